The molecular weight excluding hydrogens is 120 g/mol. The molecule has 1 atom stereocenters. The zero-order valence-corrected chi connectivity index (χ0v) is 7.01. The summed E-state index contributed by atoms with van der Waals surface area (Å²) in [5.41, 5.74) is 0. The highest BCUT2D eigenvalue weighted by atomic mass is 14.0. The van der Waals surface area contributed by atoms with Gasteiger partial charge in [0.15, 0.2) is 0 Å². The van der Waals surface area contributed by atoms with E-state index in [1.165, 1.54) is 6.42 Å². The van der Waals surface area contributed by atoms with E-state index in [0.29, 0.717) is 5.92 Å². The van der Waals surface area contributed by atoms with E-state index in [2.05, 4.69) is 39.0 Å². The second-order valence-corrected chi connectivity index (χ2v) is 2.40. The fourth-order valence-corrected chi connectivity index (χ4v) is 0.924. The average Bonchev–Trinajstić information content (AvgIpc) is 1.98. The predicted octanol–water partition coefficient (Wildman–Crippen LogP) is 3.37. The maximum absolute atomic E-state index is 3.65. The van der Waals surface area contributed by atoms with Crippen molar-refractivity contribution in [3.63, 3.8) is 0 Å². The van der Waals surface area contributed by atoms with Gasteiger partial charge in [0.2, 0.25) is 0 Å². The zero-order valence-electron chi connectivity index (χ0n) is 7.01. The first-order valence-electron chi connectivity index (χ1n) is 3.92. The van der Waals surface area contributed by atoms with Gasteiger partial charge in [-0.15, -0.1) is 0 Å². The van der Waals surface area contributed by atoms with Crippen molar-refractivity contribution in [3.8, 4) is 0 Å². The van der Waals surface area contributed by atoms with Crippen LogP contribution in [0.25, 0.3) is 0 Å². The number of allylic oxidation sites excluding steroid dienone is 4. The van der Waals surface area contributed by atoms with Crippen LogP contribution in [0.3, 0.4) is 0 Å². The topological polar surface area (TPSA) is 0 Å². The van der Waals surface area contributed by atoms with E-state index < -0.39 is 0 Å². The van der Waals surface area contributed by atoms with Crippen LogP contribution >= 0.6 is 0 Å². The SMILES string of the molecule is [CH2]C=CCC(C=CC)CC. The third-order valence-corrected chi connectivity index (χ3v) is 1.59. The summed E-state index contributed by atoms with van der Waals surface area (Å²) in [5.74, 6) is 0.711. The zero-order chi connectivity index (χ0) is 7.82. The molecule has 0 nitrogen and oxygen atoms in total. The van der Waals surface area contributed by atoms with Crippen LogP contribution in [0.4, 0.5) is 0 Å². The molecule has 57 valence electrons. The van der Waals surface area contributed by atoms with E-state index in [1.54, 1.807) is 0 Å². The second kappa shape index (κ2) is 6.60. The summed E-state index contributed by atoms with van der Waals surface area (Å²) < 4.78 is 0. The number of rotatable bonds is 4. The summed E-state index contributed by atoms with van der Waals surface area (Å²) >= 11 is 0. The van der Waals surface area contributed by atoms with Crippen molar-refractivity contribution in [3.05, 3.63) is 31.2 Å². The highest BCUT2D eigenvalue weighted by Crippen LogP contribution is 2.09. The molecule has 0 aliphatic heterocycles. The number of hydrogen-bond acceptors (Lipinski definition) is 0. The Hall–Kier alpha value is -0.520. The second-order valence-electron chi connectivity index (χ2n) is 2.40. The Kier molecular flexibility index (Phi) is 6.25. The summed E-state index contributed by atoms with van der Waals surface area (Å²) in [6, 6.07) is 0. The van der Waals surface area contributed by atoms with Crippen LogP contribution in [0.2, 0.25) is 0 Å². The minimum Gasteiger partial charge on any atom is -0.0914 e. The Balaban J connectivity index is 3.60. The molecule has 0 aromatic carbocycles. The molecule has 0 rings (SSSR count). The van der Waals surface area contributed by atoms with Gasteiger partial charge in [0.25, 0.3) is 0 Å². The summed E-state index contributed by atoms with van der Waals surface area (Å²) in [5, 5.41) is 0. The smallest absolute Gasteiger partial charge is 0.0202 e. The first-order chi connectivity index (χ1) is 4.85. The van der Waals surface area contributed by atoms with Crippen molar-refractivity contribution in [1.29, 1.82) is 0 Å². The molecule has 0 aliphatic rings. The van der Waals surface area contributed by atoms with Gasteiger partial charge in [-0.3, -0.25) is 0 Å². The van der Waals surface area contributed by atoms with E-state index in [4.69, 9.17) is 0 Å². The molecule has 0 heteroatoms. The van der Waals surface area contributed by atoms with Crippen molar-refractivity contribution in [2.75, 3.05) is 0 Å². The molecule has 0 heterocycles. The Labute approximate surface area is 64.6 Å². The third-order valence-electron chi connectivity index (χ3n) is 1.59. The van der Waals surface area contributed by atoms with Gasteiger partial charge in [-0.2, -0.15) is 0 Å². The van der Waals surface area contributed by atoms with E-state index in [9.17, 15) is 0 Å². The lowest BCUT2D eigenvalue weighted by atomic mass is 10.0. The van der Waals surface area contributed by atoms with Crippen molar-refractivity contribution < 1.29 is 0 Å². The predicted molar refractivity (Wildman–Crippen MR) is 47.7 cm³/mol. The van der Waals surface area contributed by atoms with Gasteiger partial charge in [-0.1, -0.05) is 31.2 Å². The van der Waals surface area contributed by atoms with Gasteiger partial charge in [0.1, 0.15) is 0 Å². The largest absolute Gasteiger partial charge is 0.0914 e. The molecule has 0 bridgehead atoms. The van der Waals surface area contributed by atoms with Crippen LogP contribution < -0.4 is 0 Å². The molecule has 0 N–H and O–H groups in total. The Morgan fingerprint density at radius 2 is 2.20 bits per heavy atom. The van der Waals surface area contributed by atoms with Crippen LogP contribution in [0.1, 0.15) is 26.7 Å². The van der Waals surface area contributed by atoms with E-state index in [1.807, 2.05) is 6.08 Å². The molecule has 0 aliphatic carbocycles. The highest BCUT2D eigenvalue weighted by molar-refractivity contribution is 4.92. The molecule has 0 saturated heterocycles. The van der Waals surface area contributed by atoms with Gasteiger partial charge < -0.3 is 0 Å². The van der Waals surface area contributed by atoms with Gasteiger partial charge >= 0.3 is 0 Å². The summed E-state index contributed by atoms with van der Waals surface area (Å²) in [6.45, 7) is 7.92. The molecule has 0 saturated carbocycles. The first-order valence-corrected chi connectivity index (χ1v) is 3.92. The van der Waals surface area contributed by atoms with E-state index in [0.717, 1.165) is 6.42 Å². The highest BCUT2D eigenvalue weighted by Gasteiger charge is 1.95. The van der Waals surface area contributed by atoms with Crippen LogP contribution in [-0.4, -0.2) is 0 Å². The summed E-state index contributed by atoms with van der Waals surface area (Å²) in [6.07, 6.45) is 10.7. The van der Waals surface area contributed by atoms with Crippen molar-refractivity contribution >= 4 is 0 Å². The normalized spacial score (nSPS) is 15.1. The maximum Gasteiger partial charge on any atom is -0.0202 e. The van der Waals surface area contributed by atoms with Gasteiger partial charge in [-0.25, -0.2) is 0 Å². The molecule has 0 aromatic heterocycles. The quantitative estimate of drug-likeness (QED) is 0.521. The average molecular weight is 137 g/mol. The lowest BCUT2D eigenvalue weighted by Gasteiger charge is -2.04. The summed E-state index contributed by atoms with van der Waals surface area (Å²) in [7, 11) is 0. The molecule has 0 aromatic rings. The first kappa shape index (κ1) is 9.48. The molecule has 1 unspecified atom stereocenters. The standard InChI is InChI=1S/C10H17/c1-4-7-9-10(6-3)8-5-2/h4-5,7-8,10H,1,6,9H2,2-3H3. The fraction of sp³-hybridized carbons (Fsp3) is 0.500. The summed E-state index contributed by atoms with van der Waals surface area (Å²) in [4.78, 5) is 0. The lowest BCUT2D eigenvalue weighted by Crippen LogP contribution is -1.90. The van der Waals surface area contributed by atoms with Crippen molar-refractivity contribution in [2.45, 2.75) is 26.7 Å². The van der Waals surface area contributed by atoms with E-state index >= 15 is 0 Å². The molecule has 10 heavy (non-hydrogen) atoms. The van der Waals surface area contributed by atoms with Crippen molar-refractivity contribution in [1.82, 2.24) is 0 Å². The fourth-order valence-electron chi connectivity index (χ4n) is 0.924. The van der Waals surface area contributed by atoms with Crippen LogP contribution in [0.15, 0.2) is 24.3 Å². The Bertz CT molecular complexity index is 109. The van der Waals surface area contributed by atoms with Gasteiger partial charge in [-0.05, 0) is 32.6 Å². The number of hydrogen-bond donors (Lipinski definition) is 0. The van der Waals surface area contributed by atoms with E-state index in [-0.39, 0.29) is 0 Å². The molecular formula is C10H17. The van der Waals surface area contributed by atoms with Crippen LogP contribution in [0.5, 0.6) is 0 Å². The molecule has 0 fully saturated rings. The monoisotopic (exact) mass is 137 g/mol. The van der Waals surface area contributed by atoms with Gasteiger partial charge in [0.05, 0.1) is 0 Å². The maximum atomic E-state index is 3.65. The lowest BCUT2D eigenvalue weighted by molar-refractivity contribution is 0.637. The molecule has 1 radical (unpaired) electrons. The van der Waals surface area contributed by atoms with Crippen LogP contribution in [0, 0.1) is 12.8 Å². The van der Waals surface area contributed by atoms with Crippen LogP contribution in [-0.2, 0) is 0 Å². The Morgan fingerprint density at radius 1 is 1.50 bits per heavy atom. The van der Waals surface area contributed by atoms with Crippen molar-refractivity contribution in [2.24, 2.45) is 5.92 Å². The van der Waals surface area contributed by atoms with Gasteiger partial charge in [0, 0.05) is 0 Å². The minimum atomic E-state index is 0.711. The molecule has 0 amide bonds. The molecule has 0 spiro atoms. The minimum absolute atomic E-state index is 0.711. The third kappa shape index (κ3) is 4.37. The Morgan fingerprint density at radius 3 is 2.60 bits per heavy atom.